The highest BCUT2D eigenvalue weighted by atomic mass is 19.4. The summed E-state index contributed by atoms with van der Waals surface area (Å²) in [7, 11) is 0. The van der Waals surface area contributed by atoms with Crippen molar-refractivity contribution in [2.45, 2.75) is 6.18 Å². The molecule has 1 aromatic rings. The van der Waals surface area contributed by atoms with Crippen LogP contribution in [0.15, 0.2) is 23.0 Å². The minimum absolute atomic E-state index is 0.0401. The first kappa shape index (κ1) is 14.2. The number of H-pyrrole nitrogens is 1. The fourth-order valence-corrected chi connectivity index (χ4v) is 1.10. The molecule has 1 aromatic heterocycles. The summed E-state index contributed by atoms with van der Waals surface area (Å²) in [6.07, 6.45) is -4.38. The summed E-state index contributed by atoms with van der Waals surface area (Å²) in [5.74, 6) is -0.580. The Balaban J connectivity index is 2.28. The molecule has 0 spiro atoms. The van der Waals surface area contributed by atoms with Crippen LogP contribution in [-0.2, 0) is 4.74 Å². The van der Waals surface area contributed by atoms with E-state index in [1.807, 2.05) is 0 Å². The van der Waals surface area contributed by atoms with Gasteiger partial charge in [-0.2, -0.15) is 13.2 Å². The number of rotatable bonds is 5. The lowest BCUT2D eigenvalue weighted by molar-refractivity contribution is -0.173. The minimum atomic E-state index is -4.38. The maximum absolute atomic E-state index is 11.7. The molecule has 0 radical (unpaired) electrons. The van der Waals surface area contributed by atoms with Crippen LogP contribution in [0.25, 0.3) is 0 Å². The zero-order valence-corrected chi connectivity index (χ0v) is 9.21. The number of carbonyl (C=O) groups excluding carboxylic acids is 1. The van der Waals surface area contributed by atoms with Gasteiger partial charge in [-0.1, -0.05) is 6.07 Å². The molecule has 5 nitrogen and oxygen atoms in total. The van der Waals surface area contributed by atoms with E-state index in [1.165, 1.54) is 18.2 Å². The van der Waals surface area contributed by atoms with Crippen molar-refractivity contribution in [3.8, 4) is 0 Å². The van der Waals surface area contributed by atoms with E-state index in [2.05, 4.69) is 15.0 Å². The van der Waals surface area contributed by atoms with E-state index in [0.29, 0.717) is 0 Å². The molecular weight excluding hydrogens is 253 g/mol. The third-order valence-electron chi connectivity index (χ3n) is 1.81. The number of amides is 1. The summed E-state index contributed by atoms with van der Waals surface area (Å²) in [5.41, 5.74) is -0.394. The van der Waals surface area contributed by atoms with Crippen molar-refractivity contribution < 1.29 is 22.7 Å². The van der Waals surface area contributed by atoms with E-state index >= 15 is 0 Å². The zero-order chi connectivity index (χ0) is 13.6. The van der Waals surface area contributed by atoms with E-state index in [4.69, 9.17) is 0 Å². The third-order valence-corrected chi connectivity index (χ3v) is 1.81. The average Bonchev–Trinajstić information content (AvgIpc) is 2.26. The lowest BCUT2D eigenvalue weighted by Crippen LogP contribution is -2.30. The van der Waals surface area contributed by atoms with Crippen molar-refractivity contribution in [3.63, 3.8) is 0 Å². The highest BCUT2D eigenvalue weighted by molar-refractivity contribution is 5.92. The smallest absolute Gasteiger partial charge is 0.370 e. The molecule has 100 valence electrons. The molecule has 1 rings (SSSR count). The zero-order valence-electron chi connectivity index (χ0n) is 9.21. The second-order valence-electron chi connectivity index (χ2n) is 3.35. The van der Waals surface area contributed by atoms with Gasteiger partial charge in [-0.3, -0.25) is 9.59 Å². The number of aromatic nitrogens is 1. The molecule has 0 saturated heterocycles. The molecular formula is C10H11F3N2O3. The number of ether oxygens (including phenoxy) is 1. The molecule has 1 heterocycles. The average molecular weight is 264 g/mol. The largest absolute Gasteiger partial charge is 0.411 e. The van der Waals surface area contributed by atoms with E-state index in [0.717, 1.165) is 0 Å². The van der Waals surface area contributed by atoms with Crippen LogP contribution in [-0.4, -0.2) is 36.8 Å². The topological polar surface area (TPSA) is 71.2 Å². The molecule has 2 N–H and O–H groups in total. The molecule has 0 bridgehead atoms. The summed E-state index contributed by atoms with van der Waals surface area (Å²) < 4.78 is 39.4. The molecule has 18 heavy (non-hydrogen) atoms. The molecule has 8 heteroatoms. The normalized spacial score (nSPS) is 11.3. The second kappa shape index (κ2) is 6.20. The van der Waals surface area contributed by atoms with E-state index < -0.39 is 24.2 Å². The molecule has 0 unspecified atom stereocenters. The van der Waals surface area contributed by atoms with Crippen LogP contribution in [0.3, 0.4) is 0 Å². The van der Waals surface area contributed by atoms with Crippen molar-refractivity contribution >= 4 is 5.91 Å². The van der Waals surface area contributed by atoms with Crippen LogP contribution in [0.5, 0.6) is 0 Å². The minimum Gasteiger partial charge on any atom is -0.370 e. The van der Waals surface area contributed by atoms with Gasteiger partial charge in [0, 0.05) is 12.6 Å². The number of pyridine rings is 1. The van der Waals surface area contributed by atoms with Gasteiger partial charge < -0.3 is 15.0 Å². The monoisotopic (exact) mass is 264 g/mol. The Labute approximate surface area is 100.0 Å². The van der Waals surface area contributed by atoms with Gasteiger partial charge >= 0.3 is 6.18 Å². The standard InChI is InChI=1S/C10H11F3N2O3/c11-10(12,13)6-18-5-4-14-9(17)7-2-1-3-8(16)15-7/h1-3H,4-6H2,(H,14,17)(H,15,16). The summed E-state index contributed by atoms with van der Waals surface area (Å²) in [6, 6.07) is 4.02. The predicted molar refractivity (Wildman–Crippen MR) is 56.3 cm³/mol. The molecule has 0 aliphatic heterocycles. The van der Waals surface area contributed by atoms with E-state index in [-0.39, 0.29) is 18.8 Å². The van der Waals surface area contributed by atoms with Gasteiger partial charge in [0.25, 0.3) is 5.91 Å². The van der Waals surface area contributed by atoms with Crippen LogP contribution >= 0.6 is 0 Å². The SMILES string of the molecule is O=C(NCCOCC(F)(F)F)c1cccc(=O)[nH]1. The van der Waals surface area contributed by atoms with Gasteiger partial charge in [0.15, 0.2) is 0 Å². The number of alkyl halides is 3. The first-order valence-electron chi connectivity index (χ1n) is 5.00. The first-order chi connectivity index (χ1) is 8.38. The summed E-state index contributed by atoms with van der Waals surface area (Å²) in [6.45, 7) is -1.70. The van der Waals surface area contributed by atoms with Gasteiger partial charge in [-0.25, -0.2) is 0 Å². The van der Waals surface area contributed by atoms with Gasteiger partial charge in [0.1, 0.15) is 12.3 Å². The quantitative estimate of drug-likeness (QED) is 0.768. The van der Waals surface area contributed by atoms with Crippen molar-refractivity contribution in [2.24, 2.45) is 0 Å². The number of carbonyl (C=O) groups is 1. The first-order valence-corrected chi connectivity index (χ1v) is 5.00. The van der Waals surface area contributed by atoms with Crippen LogP contribution in [0.4, 0.5) is 13.2 Å². The number of aromatic amines is 1. The second-order valence-corrected chi connectivity index (χ2v) is 3.35. The lowest BCUT2D eigenvalue weighted by Gasteiger charge is -2.08. The van der Waals surface area contributed by atoms with Crippen molar-refractivity contribution in [1.29, 1.82) is 0 Å². The highest BCUT2D eigenvalue weighted by Gasteiger charge is 2.27. The maximum Gasteiger partial charge on any atom is 0.411 e. The number of nitrogens with one attached hydrogen (secondary N) is 2. The van der Waals surface area contributed by atoms with Crippen molar-refractivity contribution in [1.82, 2.24) is 10.3 Å². The van der Waals surface area contributed by atoms with Gasteiger partial charge in [0.2, 0.25) is 5.56 Å². The van der Waals surface area contributed by atoms with E-state index in [9.17, 15) is 22.8 Å². The maximum atomic E-state index is 11.7. The van der Waals surface area contributed by atoms with Gasteiger partial charge in [-0.15, -0.1) is 0 Å². The summed E-state index contributed by atoms with van der Waals surface area (Å²) in [5, 5.41) is 2.31. The number of halogens is 3. The number of hydrogen-bond acceptors (Lipinski definition) is 3. The summed E-state index contributed by atoms with van der Waals surface area (Å²) in [4.78, 5) is 24.6. The Morgan fingerprint density at radius 2 is 2.11 bits per heavy atom. The van der Waals surface area contributed by atoms with Crippen molar-refractivity contribution in [3.05, 3.63) is 34.2 Å². The van der Waals surface area contributed by atoms with Crippen LogP contribution in [0, 0.1) is 0 Å². The molecule has 0 fully saturated rings. The lowest BCUT2D eigenvalue weighted by atomic mass is 10.3. The Hall–Kier alpha value is -1.83. The Morgan fingerprint density at radius 3 is 2.72 bits per heavy atom. The van der Waals surface area contributed by atoms with Crippen molar-refractivity contribution in [2.75, 3.05) is 19.8 Å². The Kier molecular flexibility index (Phi) is 4.90. The van der Waals surface area contributed by atoms with Gasteiger partial charge in [0.05, 0.1) is 6.61 Å². The van der Waals surface area contributed by atoms with Gasteiger partial charge in [-0.05, 0) is 6.07 Å². The van der Waals surface area contributed by atoms with Crippen LogP contribution in [0.1, 0.15) is 10.5 Å². The fraction of sp³-hybridized carbons (Fsp3) is 0.400. The van der Waals surface area contributed by atoms with E-state index in [1.54, 1.807) is 0 Å². The summed E-state index contributed by atoms with van der Waals surface area (Å²) >= 11 is 0. The Bertz CT molecular complexity index is 456. The molecule has 0 aliphatic rings. The fourth-order valence-electron chi connectivity index (χ4n) is 1.10. The molecule has 1 amide bonds. The van der Waals surface area contributed by atoms with Crippen LogP contribution < -0.4 is 10.9 Å². The molecule has 0 saturated carbocycles. The molecule has 0 aliphatic carbocycles. The highest BCUT2D eigenvalue weighted by Crippen LogP contribution is 2.13. The molecule has 0 aromatic carbocycles. The predicted octanol–water partition coefficient (Wildman–Crippen LogP) is 0.684. The Morgan fingerprint density at radius 1 is 1.39 bits per heavy atom. The van der Waals surface area contributed by atoms with Crippen LogP contribution in [0.2, 0.25) is 0 Å². The third kappa shape index (κ3) is 5.48. The molecule has 0 atom stereocenters. The number of hydrogen-bond donors (Lipinski definition) is 2.